The van der Waals surface area contributed by atoms with Crippen molar-refractivity contribution >= 4 is 23.9 Å². The van der Waals surface area contributed by atoms with Gasteiger partial charge in [-0.2, -0.15) is 0 Å². The molecule has 11 rings (SSSR count). The number of allylic oxidation sites excluding steroid dienone is 9. The molecule has 4 heteroatoms. The standard InChI is InChI=1S/C48H52N2O2/c1-3-12-31(13-4-1)32-22-26-41-39(28-32)40-29-34(24-27-42(40)50(41)33-14-5-2-6-15-33)49(35-23-25-37-36-16-7-9-19-44(36)52-47(37)30-35)43-18-11-21-46-48(43)38-17-8-10-20-45(38)51-46/h1,3,5,7,9,11,14-16,19,21-27,31-32,34-37,43-44,47H,2,4,6,8,10,12-13,17-18,20,28-30H2. The molecule has 52 heavy (non-hydrogen) atoms. The van der Waals surface area contributed by atoms with E-state index >= 15 is 0 Å². The largest absolute Gasteiger partial charge is 0.461 e. The summed E-state index contributed by atoms with van der Waals surface area (Å²) in [5.74, 6) is 4.65. The van der Waals surface area contributed by atoms with Crippen molar-refractivity contribution in [3.63, 3.8) is 0 Å². The molecule has 2 aromatic rings. The van der Waals surface area contributed by atoms with Gasteiger partial charge in [0.25, 0.3) is 0 Å². The van der Waals surface area contributed by atoms with E-state index < -0.39 is 0 Å². The minimum atomic E-state index is 0.203. The maximum absolute atomic E-state index is 6.85. The maximum Gasteiger partial charge on any atom is 0.131 e. The number of aromatic nitrogens is 1. The second-order valence-electron chi connectivity index (χ2n) is 16.9. The van der Waals surface area contributed by atoms with Crippen molar-refractivity contribution in [2.75, 3.05) is 0 Å². The number of rotatable bonds is 5. The van der Waals surface area contributed by atoms with Crippen molar-refractivity contribution in [3.05, 3.63) is 130 Å². The Labute approximate surface area is 309 Å². The van der Waals surface area contributed by atoms with E-state index in [0.29, 0.717) is 35.9 Å². The normalized spacial score (nSPS) is 34.9. The molecule has 0 aromatic carbocycles. The minimum Gasteiger partial charge on any atom is -0.461 e. The predicted octanol–water partition coefficient (Wildman–Crippen LogP) is 10.5. The molecule has 8 aliphatic carbocycles. The Morgan fingerprint density at radius 3 is 2.50 bits per heavy atom. The van der Waals surface area contributed by atoms with Gasteiger partial charge in [0.05, 0.1) is 12.2 Å². The fourth-order valence-electron chi connectivity index (χ4n) is 11.7. The summed E-state index contributed by atoms with van der Waals surface area (Å²) in [7, 11) is 0. The van der Waals surface area contributed by atoms with Gasteiger partial charge in [-0.25, -0.2) is 0 Å². The van der Waals surface area contributed by atoms with Gasteiger partial charge in [-0.05, 0) is 130 Å². The van der Waals surface area contributed by atoms with Crippen LogP contribution in [0, 0.1) is 23.7 Å². The predicted molar refractivity (Wildman–Crippen MR) is 211 cm³/mol. The monoisotopic (exact) mass is 688 g/mol. The Kier molecular flexibility index (Phi) is 7.86. The molecular weight excluding hydrogens is 637 g/mol. The summed E-state index contributed by atoms with van der Waals surface area (Å²) in [4.78, 5) is 2.93. The molecule has 0 N–H and O–H groups in total. The molecule has 1 fully saturated rings. The first-order valence-electron chi connectivity index (χ1n) is 20.7. The van der Waals surface area contributed by atoms with Gasteiger partial charge >= 0.3 is 0 Å². The van der Waals surface area contributed by atoms with Crippen molar-refractivity contribution in [2.24, 2.45) is 23.7 Å². The van der Waals surface area contributed by atoms with E-state index in [4.69, 9.17) is 9.15 Å². The van der Waals surface area contributed by atoms with Gasteiger partial charge in [0.1, 0.15) is 11.5 Å². The molecule has 0 bridgehead atoms. The number of furan rings is 1. The third-order valence-corrected chi connectivity index (χ3v) is 14.1. The van der Waals surface area contributed by atoms with Crippen LogP contribution in [0.3, 0.4) is 0 Å². The Bertz CT molecular complexity index is 2040. The van der Waals surface area contributed by atoms with Crippen LogP contribution in [0.2, 0.25) is 0 Å². The van der Waals surface area contributed by atoms with Crippen LogP contribution in [0.5, 0.6) is 0 Å². The number of hydrogen-bond acceptors (Lipinski definition) is 3. The fraction of sp³-hybridized carbons (Fsp3) is 0.458. The molecule has 0 saturated carbocycles. The Morgan fingerprint density at radius 2 is 1.60 bits per heavy atom. The first-order chi connectivity index (χ1) is 25.8. The molecule has 9 atom stereocenters. The topological polar surface area (TPSA) is 30.5 Å². The van der Waals surface area contributed by atoms with Gasteiger partial charge in [-0.1, -0.05) is 79.0 Å². The van der Waals surface area contributed by atoms with Crippen molar-refractivity contribution in [3.8, 4) is 0 Å². The zero-order valence-corrected chi connectivity index (χ0v) is 30.4. The van der Waals surface area contributed by atoms with Crippen LogP contribution in [0.1, 0.15) is 109 Å². The van der Waals surface area contributed by atoms with E-state index in [1.54, 1.807) is 11.1 Å². The van der Waals surface area contributed by atoms with Crippen LogP contribution < -0.4 is 0 Å². The summed E-state index contributed by atoms with van der Waals surface area (Å²) in [6.07, 6.45) is 56.5. The quantitative estimate of drug-likeness (QED) is 0.293. The minimum absolute atomic E-state index is 0.203. The van der Waals surface area contributed by atoms with Crippen LogP contribution in [-0.4, -0.2) is 33.8 Å². The number of ether oxygens (including phenoxy) is 1. The van der Waals surface area contributed by atoms with Gasteiger partial charge < -0.3 is 13.7 Å². The molecule has 3 heterocycles. The third kappa shape index (κ3) is 5.15. The number of fused-ring (bicyclic) bond motifs is 9. The summed E-state index contributed by atoms with van der Waals surface area (Å²) in [5.41, 5.74) is 10.4. The van der Waals surface area contributed by atoms with Crippen LogP contribution >= 0.6 is 0 Å². The summed E-state index contributed by atoms with van der Waals surface area (Å²) in [6, 6.07) is 0.881. The van der Waals surface area contributed by atoms with E-state index in [1.807, 2.05) is 0 Å². The SMILES string of the molecule is C1=CC2OC3CC(N(C4C=Cc5c(c6c(n5C5=CCCC=C5)C=CC(C5CC=CCC5)C6)C4)C4CC=Cc5oc6c(c54)CCCC6)C=CC3C2C=C1. The first-order valence-corrected chi connectivity index (χ1v) is 20.7. The Balaban J connectivity index is 1.00. The van der Waals surface area contributed by atoms with Crippen molar-refractivity contribution in [1.29, 1.82) is 0 Å². The van der Waals surface area contributed by atoms with Crippen molar-refractivity contribution in [1.82, 2.24) is 9.47 Å². The molecule has 0 amide bonds. The summed E-state index contributed by atoms with van der Waals surface area (Å²) in [6.45, 7) is 0. The number of nitrogens with zero attached hydrogens (tertiary/aromatic N) is 2. The van der Waals surface area contributed by atoms with E-state index in [0.717, 1.165) is 63.0 Å². The first kappa shape index (κ1) is 31.6. The Morgan fingerprint density at radius 1 is 0.692 bits per heavy atom. The molecular formula is C48H52N2O2. The van der Waals surface area contributed by atoms with Crippen molar-refractivity contribution in [2.45, 2.75) is 114 Å². The molecule has 266 valence electrons. The van der Waals surface area contributed by atoms with Crippen molar-refractivity contribution < 1.29 is 9.15 Å². The van der Waals surface area contributed by atoms with E-state index in [2.05, 4.69) is 113 Å². The van der Waals surface area contributed by atoms with Crippen LogP contribution in [-0.2, 0) is 30.4 Å². The van der Waals surface area contributed by atoms with Gasteiger partial charge in [-0.3, -0.25) is 4.90 Å². The molecule has 9 aliphatic rings. The lowest BCUT2D eigenvalue weighted by molar-refractivity contribution is 0.0197. The van der Waals surface area contributed by atoms with Gasteiger partial charge in [0, 0.05) is 59.0 Å². The highest BCUT2D eigenvalue weighted by Crippen LogP contribution is 2.49. The lowest BCUT2D eigenvalue weighted by Gasteiger charge is -2.45. The molecule has 0 spiro atoms. The number of aryl methyl sites for hydroxylation is 1. The van der Waals surface area contributed by atoms with Gasteiger partial charge in [0.15, 0.2) is 0 Å². The highest BCUT2D eigenvalue weighted by Gasteiger charge is 2.47. The third-order valence-electron chi connectivity index (χ3n) is 14.1. The molecule has 9 unspecified atom stereocenters. The lowest BCUT2D eigenvalue weighted by atomic mass is 9.76. The number of hydrogen-bond donors (Lipinski definition) is 0. The average Bonchev–Trinajstić information content (AvgIpc) is 3.88. The fourth-order valence-corrected chi connectivity index (χ4v) is 11.7. The summed E-state index contributed by atoms with van der Waals surface area (Å²) in [5, 5.41) is 0. The second-order valence-corrected chi connectivity index (χ2v) is 16.9. The molecule has 1 saturated heterocycles. The summed E-state index contributed by atoms with van der Waals surface area (Å²) >= 11 is 0. The maximum atomic E-state index is 6.85. The van der Waals surface area contributed by atoms with E-state index in [-0.39, 0.29) is 12.2 Å². The molecule has 4 nitrogen and oxygen atoms in total. The van der Waals surface area contributed by atoms with Crippen LogP contribution in [0.25, 0.3) is 23.9 Å². The zero-order chi connectivity index (χ0) is 34.2. The van der Waals surface area contributed by atoms with Crippen LogP contribution in [0.15, 0.2) is 89.5 Å². The Hall–Kier alpha value is -3.86. The average molecular weight is 689 g/mol. The molecule has 2 aromatic heterocycles. The van der Waals surface area contributed by atoms with Gasteiger partial charge in [-0.15, -0.1) is 0 Å². The lowest BCUT2D eigenvalue weighted by Crippen LogP contribution is -2.49. The van der Waals surface area contributed by atoms with Crippen LogP contribution in [0.4, 0.5) is 0 Å². The highest BCUT2D eigenvalue weighted by atomic mass is 16.5. The summed E-state index contributed by atoms with van der Waals surface area (Å²) < 4.78 is 16.1. The van der Waals surface area contributed by atoms with E-state index in [1.165, 1.54) is 66.1 Å². The second kappa shape index (κ2) is 12.9. The van der Waals surface area contributed by atoms with Gasteiger partial charge in [0.2, 0.25) is 0 Å². The highest BCUT2D eigenvalue weighted by molar-refractivity contribution is 5.75. The smallest absolute Gasteiger partial charge is 0.131 e. The zero-order valence-electron chi connectivity index (χ0n) is 30.4. The molecule has 1 aliphatic heterocycles. The molecule has 0 radical (unpaired) electrons. The van der Waals surface area contributed by atoms with E-state index in [9.17, 15) is 0 Å².